The van der Waals surface area contributed by atoms with Crippen molar-refractivity contribution in [2.45, 2.75) is 0 Å². The molecule has 0 atom stereocenters. The van der Waals surface area contributed by atoms with Crippen LogP contribution in [-0.4, -0.2) is 24.5 Å². The number of pyridine rings is 1. The van der Waals surface area contributed by atoms with Crippen LogP contribution in [0.5, 0.6) is 0 Å². The van der Waals surface area contributed by atoms with E-state index < -0.39 is 0 Å². The van der Waals surface area contributed by atoms with Gasteiger partial charge < -0.3 is 13.4 Å². The second kappa shape index (κ2) is 13.0. The number of nitrogens with zero attached hydrogens (tertiary/aromatic N) is 5. The van der Waals surface area contributed by atoms with Crippen LogP contribution in [0.4, 0.5) is 0 Å². The van der Waals surface area contributed by atoms with E-state index >= 15 is 0 Å². The summed E-state index contributed by atoms with van der Waals surface area (Å²) in [6, 6.07) is 61.4. The van der Waals surface area contributed by atoms with Gasteiger partial charge in [0.05, 0.1) is 22.8 Å². The molecule has 5 heterocycles. The summed E-state index contributed by atoms with van der Waals surface area (Å²) >= 11 is 0. The Morgan fingerprint density at radius 1 is 0.377 bits per heavy atom. The molecule has 0 spiro atoms. The zero-order valence-corrected chi connectivity index (χ0v) is 32.5. The van der Waals surface area contributed by atoms with Crippen molar-refractivity contribution < 1.29 is 8.83 Å². The summed E-state index contributed by atoms with van der Waals surface area (Å²) in [5, 5.41) is 8.93. The molecule has 7 nitrogen and oxygen atoms in total. The monoisotopic (exact) mass is 781 g/mol. The first-order valence-electron chi connectivity index (χ1n) is 20.3. The van der Waals surface area contributed by atoms with Gasteiger partial charge >= 0.3 is 0 Å². The van der Waals surface area contributed by atoms with Crippen molar-refractivity contribution in [3.8, 4) is 51.0 Å². The fourth-order valence-corrected chi connectivity index (χ4v) is 9.01. The Morgan fingerprint density at radius 2 is 1.03 bits per heavy atom. The lowest BCUT2D eigenvalue weighted by molar-refractivity contribution is 0.667. The van der Waals surface area contributed by atoms with Gasteiger partial charge in [0.1, 0.15) is 16.7 Å². The number of rotatable bonds is 5. The second-order valence-corrected chi connectivity index (χ2v) is 15.5. The van der Waals surface area contributed by atoms with Gasteiger partial charge in [0, 0.05) is 55.3 Å². The number of aromatic nitrogens is 5. The van der Waals surface area contributed by atoms with E-state index in [0.29, 0.717) is 28.6 Å². The van der Waals surface area contributed by atoms with E-state index in [-0.39, 0.29) is 0 Å². The smallest absolute Gasteiger partial charge is 0.167 e. The van der Waals surface area contributed by atoms with E-state index in [4.69, 9.17) is 23.8 Å². The highest BCUT2D eigenvalue weighted by atomic mass is 16.3. The predicted octanol–water partition coefficient (Wildman–Crippen LogP) is 14.0. The van der Waals surface area contributed by atoms with Crippen LogP contribution in [0, 0.1) is 0 Å². The average Bonchev–Trinajstić information content (AvgIpc) is 4.00. The summed E-state index contributed by atoms with van der Waals surface area (Å²) < 4.78 is 15.1. The second-order valence-electron chi connectivity index (χ2n) is 15.5. The summed E-state index contributed by atoms with van der Waals surface area (Å²) in [6.45, 7) is 0. The minimum Gasteiger partial charge on any atom is -0.456 e. The van der Waals surface area contributed by atoms with Gasteiger partial charge in [0.15, 0.2) is 23.1 Å². The number of furan rings is 2. The zero-order valence-electron chi connectivity index (χ0n) is 32.5. The van der Waals surface area contributed by atoms with Crippen LogP contribution in [0.25, 0.3) is 127 Å². The average molecular weight is 782 g/mol. The number of fused-ring (bicyclic) bond motifs is 10. The quantitative estimate of drug-likeness (QED) is 0.173. The molecule has 0 amide bonds. The maximum Gasteiger partial charge on any atom is 0.167 e. The molecule has 61 heavy (non-hydrogen) atoms. The number of para-hydroxylation sites is 3. The van der Waals surface area contributed by atoms with Gasteiger partial charge in [-0.05, 0) is 94.7 Å². The molecule has 0 unspecified atom stereocenters. The predicted molar refractivity (Wildman–Crippen MR) is 246 cm³/mol. The van der Waals surface area contributed by atoms with Crippen molar-refractivity contribution in [1.29, 1.82) is 0 Å². The Hall–Kier alpha value is -8.42. The van der Waals surface area contributed by atoms with Gasteiger partial charge in [0.2, 0.25) is 0 Å². The van der Waals surface area contributed by atoms with E-state index in [2.05, 4.69) is 143 Å². The standard InChI is InChI=1S/C54H31N5O2/c1-2-9-34-28-35(17-16-32(34)8-1)36-20-24-40-39-10-3-5-14-46(39)59(47(40)29-36)38-22-18-33(19-23-38)52-56-53(37-21-25-42-41-11-4-6-15-48(41)60-49(42)30-37)58-54(57-52)45-13-7-12-44-43-26-27-55-31-50(43)61-51(44)45/h1-31H. The van der Waals surface area contributed by atoms with Crippen molar-refractivity contribution in [1.82, 2.24) is 24.5 Å². The summed E-state index contributed by atoms with van der Waals surface area (Å²) in [7, 11) is 0. The van der Waals surface area contributed by atoms with Crippen LogP contribution in [0.15, 0.2) is 197 Å². The van der Waals surface area contributed by atoms with Crippen molar-refractivity contribution in [2.75, 3.05) is 0 Å². The summed E-state index contributed by atoms with van der Waals surface area (Å²) in [5.41, 5.74) is 11.1. The summed E-state index contributed by atoms with van der Waals surface area (Å²) in [6.07, 6.45) is 3.53. The Labute approximate surface area is 347 Å². The van der Waals surface area contributed by atoms with Crippen molar-refractivity contribution in [3.63, 3.8) is 0 Å². The lowest BCUT2D eigenvalue weighted by atomic mass is 10.00. The molecule has 0 saturated heterocycles. The normalized spacial score (nSPS) is 11.9. The van der Waals surface area contributed by atoms with Gasteiger partial charge in [-0.1, -0.05) is 103 Å². The van der Waals surface area contributed by atoms with E-state index in [1.54, 1.807) is 12.4 Å². The van der Waals surface area contributed by atoms with Crippen LogP contribution in [0.1, 0.15) is 0 Å². The molecule has 0 radical (unpaired) electrons. The molecular weight excluding hydrogens is 751 g/mol. The molecule has 13 rings (SSSR count). The fourth-order valence-electron chi connectivity index (χ4n) is 9.01. The molecule has 7 heteroatoms. The summed E-state index contributed by atoms with van der Waals surface area (Å²) in [4.78, 5) is 19.7. The maximum absolute atomic E-state index is 6.42. The Balaban J connectivity index is 0.967. The number of hydrogen-bond donors (Lipinski definition) is 0. The van der Waals surface area contributed by atoms with E-state index in [1.807, 2.05) is 42.5 Å². The third-order valence-corrected chi connectivity index (χ3v) is 12.0. The third kappa shape index (κ3) is 5.31. The van der Waals surface area contributed by atoms with Crippen LogP contribution >= 0.6 is 0 Å². The lowest BCUT2D eigenvalue weighted by Gasteiger charge is -2.11. The highest BCUT2D eigenvalue weighted by Crippen LogP contribution is 2.39. The molecule has 5 aromatic heterocycles. The molecule has 0 aliphatic carbocycles. The van der Waals surface area contributed by atoms with Gasteiger partial charge in [0.25, 0.3) is 0 Å². The van der Waals surface area contributed by atoms with Crippen LogP contribution < -0.4 is 0 Å². The van der Waals surface area contributed by atoms with Crippen molar-refractivity contribution in [3.05, 3.63) is 188 Å². The number of benzene rings is 8. The molecule has 0 bridgehead atoms. The van der Waals surface area contributed by atoms with E-state index in [0.717, 1.165) is 66.1 Å². The Kier molecular flexibility index (Phi) is 7.17. The summed E-state index contributed by atoms with van der Waals surface area (Å²) in [5.74, 6) is 1.59. The highest BCUT2D eigenvalue weighted by molar-refractivity contribution is 6.11. The first-order valence-corrected chi connectivity index (χ1v) is 20.3. The fraction of sp³-hybridized carbons (Fsp3) is 0. The molecule has 0 fully saturated rings. The molecule has 0 N–H and O–H groups in total. The minimum absolute atomic E-state index is 0.509. The Bertz CT molecular complexity index is 3900. The molecule has 8 aromatic carbocycles. The van der Waals surface area contributed by atoms with Gasteiger partial charge in [-0.25, -0.2) is 15.0 Å². The van der Waals surface area contributed by atoms with E-state index in [9.17, 15) is 0 Å². The van der Waals surface area contributed by atoms with Crippen LogP contribution in [0.3, 0.4) is 0 Å². The first-order chi connectivity index (χ1) is 30.2. The molecule has 0 aliphatic rings. The molecule has 0 aliphatic heterocycles. The van der Waals surface area contributed by atoms with Crippen molar-refractivity contribution in [2.24, 2.45) is 0 Å². The molecule has 13 aromatic rings. The SMILES string of the molecule is c1ccc2cc(-c3ccc4c5ccccc5n(-c5ccc(-c6nc(-c7ccc8c(c7)oc7ccccc78)nc(-c7cccc8c7oc7cnccc78)n6)cc5)c4c3)ccc2c1. The first kappa shape index (κ1) is 33.5. The van der Waals surface area contributed by atoms with Crippen LogP contribution in [0.2, 0.25) is 0 Å². The van der Waals surface area contributed by atoms with Gasteiger partial charge in [-0.2, -0.15) is 0 Å². The maximum atomic E-state index is 6.42. The van der Waals surface area contributed by atoms with Crippen molar-refractivity contribution >= 4 is 76.5 Å². The van der Waals surface area contributed by atoms with E-state index in [1.165, 1.54) is 32.7 Å². The topological polar surface area (TPSA) is 82.8 Å². The largest absolute Gasteiger partial charge is 0.456 e. The third-order valence-electron chi connectivity index (χ3n) is 12.0. The number of hydrogen-bond acceptors (Lipinski definition) is 6. The van der Waals surface area contributed by atoms with Gasteiger partial charge in [-0.3, -0.25) is 4.98 Å². The Morgan fingerprint density at radius 3 is 1.95 bits per heavy atom. The molecule has 0 saturated carbocycles. The highest BCUT2D eigenvalue weighted by Gasteiger charge is 2.20. The zero-order chi connectivity index (χ0) is 40.0. The molecule has 284 valence electrons. The molecular formula is C54H31N5O2. The minimum atomic E-state index is 0.509. The van der Waals surface area contributed by atoms with Gasteiger partial charge in [-0.15, -0.1) is 0 Å². The lowest BCUT2D eigenvalue weighted by Crippen LogP contribution is -2.01. The van der Waals surface area contributed by atoms with Crippen LogP contribution in [-0.2, 0) is 0 Å².